The van der Waals surface area contributed by atoms with Crippen molar-refractivity contribution in [1.29, 1.82) is 0 Å². The highest BCUT2D eigenvalue weighted by Gasteiger charge is 2.08. The van der Waals surface area contributed by atoms with Crippen molar-refractivity contribution in [2.75, 3.05) is 0 Å². The first kappa shape index (κ1) is 12.0. The first-order valence-electron chi connectivity index (χ1n) is 6.73. The van der Waals surface area contributed by atoms with Crippen LogP contribution in [0.4, 0.5) is 0 Å². The van der Waals surface area contributed by atoms with Crippen molar-refractivity contribution in [2.45, 2.75) is 27.2 Å². The second-order valence-corrected chi connectivity index (χ2v) is 5.06. The summed E-state index contributed by atoms with van der Waals surface area (Å²) in [6, 6.07) is 13.1. The van der Waals surface area contributed by atoms with E-state index in [2.05, 4.69) is 66.6 Å². The molecule has 0 unspecified atom stereocenters. The molecule has 0 fully saturated rings. The Morgan fingerprint density at radius 1 is 1.05 bits per heavy atom. The third-order valence-corrected chi connectivity index (χ3v) is 3.59. The van der Waals surface area contributed by atoms with E-state index in [1.54, 1.807) is 0 Å². The lowest BCUT2D eigenvalue weighted by Crippen LogP contribution is -1.94. The van der Waals surface area contributed by atoms with Crippen molar-refractivity contribution in [3.63, 3.8) is 0 Å². The number of fused-ring (bicyclic) bond motifs is 1. The van der Waals surface area contributed by atoms with Crippen molar-refractivity contribution >= 4 is 5.65 Å². The predicted octanol–water partition coefficient (Wildman–Crippen LogP) is 4.18. The summed E-state index contributed by atoms with van der Waals surface area (Å²) in [7, 11) is 0. The van der Waals surface area contributed by atoms with Crippen LogP contribution in [0.25, 0.3) is 16.9 Å². The van der Waals surface area contributed by atoms with E-state index >= 15 is 0 Å². The van der Waals surface area contributed by atoms with E-state index in [0.29, 0.717) is 0 Å². The van der Waals surface area contributed by atoms with E-state index in [1.807, 2.05) is 6.20 Å². The molecule has 2 heterocycles. The maximum Gasteiger partial charge on any atom is 0.137 e. The monoisotopic (exact) mass is 250 g/mol. The molecule has 0 atom stereocenters. The molecule has 1 aromatic carbocycles. The molecule has 3 aromatic rings. The van der Waals surface area contributed by atoms with Gasteiger partial charge in [0.05, 0.1) is 11.9 Å². The first-order chi connectivity index (χ1) is 9.19. The lowest BCUT2D eigenvalue weighted by Gasteiger charge is -2.07. The summed E-state index contributed by atoms with van der Waals surface area (Å²) in [6.45, 7) is 6.42. The van der Waals surface area contributed by atoms with Crippen molar-refractivity contribution in [2.24, 2.45) is 0 Å². The van der Waals surface area contributed by atoms with Gasteiger partial charge in [0.25, 0.3) is 0 Å². The Kier molecular flexibility index (Phi) is 2.86. The molecule has 0 N–H and O–H groups in total. The minimum absolute atomic E-state index is 1.02. The third-order valence-electron chi connectivity index (χ3n) is 3.59. The number of hydrogen-bond donors (Lipinski definition) is 0. The highest BCUT2D eigenvalue weighted by Crippen LogP contribution is 2.23. The van der Waals surface area contributed by atoms with Gasteiger partial charge in [-0.05, 0) is 43.5 Å². The molecule has 19 heavy (non-hydrogen) atoms. The van der Waals surface area contributed by atoms with Crippen LogP contribution in [0.5, 0.6) is 0 Å². The summed E-state index contributed by atoms with van der Waals surface area (Å²) >= 11 is 0. The number of pyridine rings is 1. The summed E-state index contributed by atoms with van der Waals surface area (Å²) in [5.41, 5.74) is 7.24. The second kappa shape index (κ2) is 4.54. The quantitative estimate of drug-likeness (QED) is 0.667. The molecule has 2 aromatic heterocycles. The Morgan fingerprint density at radius 3 is 2.47 bits per heavy atom. The van der Waals surface area contributed by atoms with Crippen LogP contribution in [0.15, 0.2) is 42.6 Å². The number of imidazole rings is 1. The molecule has 0 spiro atoms. The smallest absolute Gasteiger partial charge is 0.137 e. The molecule has 0 aliphatic rings. The summed E-state index contributed by atoms with van der Waals surface area (Å²) in [6.07, 6.45) is 3.04. The van der Waals surface area contributed by atoms with Crippen LogP contribution in [-0.2, 0) is 6.42 Å². The number of aryl methyl sites for hydroxylation is 3. The van der Waals surface area contributed by atoms with Gasteiger partial charge in [-0.2, -0.15) is 0 Å². The van der Waals surface area contributed by atoms with Crippen LogP contribution >= 0.6 is 0 Å². The fourth-order valence-corrected chi connectivity index (χ4v) is 2.59. The van der Waals surface area contributed by atoms with E-state index < -0.39 is 0 Å². The van der Waals surface area contributed by atoms with Crippen LogP contribution < -0.4 is 0 Å². The van der Waals surface area contributed by atoms with Crippen molar-refractivity contribution in [3.8, 4) is 11.3 Å². The number of aromatic nitrogens is 2. The Hall–Kier alpha value is -2.09. The fourth-order valence-electron chi connectivity index (χ4n) is 2.59. The molecule has 96 valence electrons. The lowest BCUT2D eigenvalue weighted by atomic mass is 10.1. The second-order valence-electron chi connectivity index (χ2n) is 5.06. The Morgan fingerprint density at radius 2 is 1.79 bits per heavy atom. The topological polar surface area (TPSA) is 17.3 Å². The minimum Gasteiger partial charge on any atom is -0.297 e. The molecule has 0 saturated heterocycles. The molecule has 0 amide bonds. The van der Waals surface area contributed by atoms with Gasteiger partial charge < -0.3 is 0 Å². The van der Waals surface area contributed by atoms with Gasteiger partial charge in [0.15, 0.2) is 0 Å². The Labute approximate surface area is 113 Å². The lowest BCUT2D eigenvalue weighted by molar-refractivity contribution is 1.08. The van der Waals surface area contributed by atoms with Crippen LogP contribution in [0, 0.1) is 13.8 Å². The van der Waals surface area contributed by atoms with Crippen molar-refractivity contribution < 1.29 is 0 Å². The van der Waals surface area contributed by atoms with Gasteiger partial charge in [-0.25, -0.2) is 4.98 Å². The van der Waals surface area contributed by atoms with Crippen molar-refractivity contribution in [3.05, 3.63) is 59.4 Å². The Balaban J connectivity index is 2.19. The van der Waals surface area contributed by atoms with Crippen LogP contribution in [0.2, 0.25) is 0 Å². The van der Waals surface area contributed by atoms with Gasteiger partial charge in [-0.1, -0.05) is 31.2 Å². The Bertz CT molecular complexity index is 721. The molecule has 0 radical (unpaired) electrons. The summed E-state index contributed by atoms with van der Waals surface area (Å²) in [5.74, 6) is 0. The number of rotatable bonds is 2. The van der Waals surface area contributed by atoms with E-state index in [-0.39, 0.29) is 0 Å². The maximum atomic E-state index is 4.52. The molecule has 0 aliphatic carbocycles. The number of benzene rings is 1. The number of nitrogens with zero attached hydrogens (tertiary/aromatic N) is 2. The fraction of sp³-hybridized carbons (Fsp3) is 0.235. The van der Waals surface area contributed by atoms with Crippen LogP contribution in [-0.4, -0.2) is 9.38 Å². The maximum absolute atomic E-state index is 4.52. The molecule has 2 heteroatoms. The van der Waals surface area contributed by atoms with Gasteiger partial charge in [-0.15, -0.1) is 0 Å². The standard InChI is InChI=1S/C17H18N2/c1-4-14-5-7-15(8-6-14)16-11-18-17-10-12(2)9-13(3)19(16)17/h5-11H,4H2,1-3H3. The SMILES string of the molecule is CCc1ccc(-c2cnc3cc(C)cc(C)n23)cc1. The molecule has 2 nitrogen and oxygen atoms in total. The molecular weight excluding hydrogens is 232 g/mol. The van der Waals surface area contributed by atoms with Gasteiger partial charge in [0, 0.05) is 11.3 Å². The van der Waals surface area contributed by atoms with Gasteiger partial charge in [0.1, 0.15) is 5.65 Å². The average Bonchev–Trinajstić information content (AvgIpc) is 2.83. The van der Waals surface area contributed by atoms with Gasteiger partial charge >= 0.3 is 0 Å². The van der Waals surface area contributed by atoms with E-state index in [4.69, 9.17) is 0 Å². The first-order valence-corrected chi connectivity index (χ1v) is 6.73. The highest BCUT2D eigenvalue weighted by molar-refractivity contribution is 5.65. The molecular formula is C17H18N2. The molecule has 0 aliphatic heterocycles. The van der Waals surface area contributed by atoms with Crippen LogP contribution in [0.3, 0.4) is 0 Å². The summed E-state index contributed by atoms with van der Waals surface area (Å²) in [4.78, 5) is 4.52. The van der Waals surface area contributed by atoms with E-state index in [1.165, 1.54) is 22.4 Å². The van der Waals surface area contributed by atoms with E-state index in [9.17, 15) is 0 Å². The normalized spacial score (nSPS) is 11.1. The zero-order chi connectivity index (χ0) is 13.4. The van der Waals surface area contributed by atoms with Crippen molar-refractivity contribution in [1.82, 2.24) is 9.38 Å². The highest BCUT2D eigenvalue weighted by atomic mass is 15.0. The average molecular weight is 250 g/mol. The summed E-state index contributed by atoms with van der Waals surface area (Å²) in [5, 5.41) is 0. The van der Waals surface area contributed by atoms with Gasteiger partial charge in [-0.3, -0.25) is 4.40 Å². The zero-order valence-corrected chi connectivity index (χ0v) is 11.6. The minimum atomic E-state index is 1.02. The molecule has 3 rings (SSSR count). The van der Waals surface area contributed by atoms with Gasteiger partial charge in [0.2, 0.25) is 0 Å². The predicted molar refractivity (Wildman–Crippen MR) is 79.5 cm³/mol. The largest absolute Gasteiger partial charge is 0.297 e. The summed E-state index contributed by atoms with van der Waals surface area (Å²) < 4.78 is 2.22. The number of hydrogen-bond acceptors (Lipinski definition) is 1. The molecule has 0 bridgehead atoms. The molecule has 0 saturated carbocycles. The third kappa shape index (κ3) is 2.03. The van der Waals surface area contributed by atoms with E-state index in [0.717, 1.165) is 17.8 Å². The van der Waals surface area contributed by atoms with Crippen LogP contribution in [0.1, 0.15) is 23.7 Å². The zero-order valence-electron chi connectivity index (χ0n) is 11.6.